The molecule has 1 unspecified atom stereocenters. The van der Waals surface area contributed by atoms with Gasteiger partial charge in [-0.1, -0.05) is 0 Å². The molecule has 1 aromatic rings. The van der Waals surface area contributed by atoms with E-state index in [2.05, 4.69) is 10.6 Å². The molecule has 96 valence electrons. The first-order valence-corrected chi connectivity index (χ1v) is 6.64. The van der Waals surface area contributed by atoms with Gasteiger partial charge in [-0.3, -0.25) is 14.9 Å². The Labute approximate surface area is 117 Å². The summed E-state index contributed by atoms with van der Waals surface area (Å²) >= 11 is 2.02. The van der Waals surface area contributed by atoms with Crippen LogP contribution in [0.5, 0.6) is 0 Å². The second-order valence-electron chi connectivity index (χ2n) is 4.05. The van der Waals surface area contributed by atoms with Gasteiger partial charge in [-0.15, -0.1) is 0 Å². The largest absolute Gasteiger partial charge is 0.368 e. The first kappa shape index (κ1) is 13.1. The maximum atomic E-state index is 11.6. The molecule has 2 N–H and O–H groups in total. The smallest absolute Gasteiger partial charge is 0.293 e. The molecule has 7 heteroatoms. The van der Waals surface area contributed by atoms with Crippen LogP contribution in [-0.4, -0.2) is 23.4 Å². The predicted molar refractivity (Wildman–Crippen MR) is 75.5 cm³/mol. The number of hydrogen-bond acceptors (Lipinski definition) is 4. The van der Waals surface area contributed by atoms with E-state index in [1.807, 2.05) is 22.6 Å². The molecule has 0 bridgehead atoms. The molecule has 0 radical (unpaired) electrons. The number of nitrogens with one attached hydrogen (secondary N) is 2. The third kappa shape index (κ3) is 2.89. The normalized spacial score (nSPS) is 19.2. The molecule has 1 fully saturated rings. The van der Waals surface area contributed by atoms with Crippen molar-refractivity contribution in [2.75, 3.05) is 11.9 Å². The minimum atomic E-state index is -0.439. The summed E-state index contributed by atoms with van der Waals surface area (Å²) in [5.41, 5.74) is 0.391. The number of rotatable bonds is 3. The molecule has 6 nitrogen and oxygen atoms in total. The zero-order valence-corrected chi connectivity index (χ0v) is 11.6. The Morgan fingerprint density at radius 3 is 2.94 bits per heavy atom. The minimum absolute atomic E-state index is 0.000253. The fourth-order valence-corrected chi connectivity index (χ4v) is 2.35. The van der Waals surface area contributed by atoms with Gasteiger partial charge in [0.1, 0.15) is 11.7 Å². The Balaban J connectivity index is 2.22. The van der Waals surface area contributed by atoms with Gasteiger partial charge in [0.2, 0.25) is 5.91 Å². The van der Waals surface area contributed by atoms with E-state index in [1.165, 1.54) is 6.07 Å². The second-order valence-corrected chi connectivity index (χ2v) is 5.29. The molecule has 0 saturated carbocycles. The van der Waals surface area contributed by atoms with E-state index in [0.717, 1.165) is 9.99 Å². The van der Waals surface area contributed by atoms with Gasteiger partial charge in [0.05, 0.1) is 4.92 Å². The molecule has 1 heterocycles. The number of carbonyl (C=O) groups excluding carboxylic acids is 1. The van der Waals surface area contributed by atoms with E-state index in [-0.39, 0.29) is 11.6 Å². The number of nitro groups is 1. The molecule has 0 aromatic heterocycles. The van der Waals surface area contributed by atoms with E-state index in [0.29, 0.717) is 18.7 Å². The fraction of sp³-hybridized carbons (Fsp3) is 0.364. The lowest BCUT2D eigenvalue weighted by Crippen LogP contribution is -2.44. The van der Waals surface area contributed by atoms with E-state index >= 15 is 0 Å². The molecule has 2 rings (SSSR count). The summed E-state index contributed by atoms with van der Waals surface area (Å²) in [5.74, 6) is -0.103. The van der Waals surface area contributed by atoms with Gasteiger partial charge in [-0.2, -0.15) is 0 Å². The van der Waals surface area contributed by atoms with Crippen LogP contribution in [-0.2, 0) is 4.79 Å². The summed E-state index contributed by atoms with van der Waals surface area (Å²) in [6.07, 6.45) is 1.57. The van der Waals surface area contributed by atoms with Crippen LogP contribution in [0.25, 0.3) is 0 Å². The van der Waals surface area contributed by atoms with Crippen LogP contribution >= 0.6 is 22.6 Å². The molecular weight excluding hydrogens is 349 g/mol. The van der Waals surface area contributed by atoms with Crippen molar-refractivity contribution in [3.63, 3.8) is 0 Å². The second kappa shape index (κ2) is 5.51. The summed E-state index contributed by atoms with van der Waals surface area (Å²) in [4.78, 5) is 22.1. The number of nitrogens with zero attached hydrogens (tertiary/aromatic N) is 1. The first-order chi connectivity index (χ1) is 8.58. The van der Waals surface area contributed by atoms with Crippen LogP contribution in [0.3, 0.4) is 0 Å². The summed E-state index contributed by atoms with van der Waals surface area (Å²) in [7, 11) is 0. The molecule has 1 saturated heterocycles. The molecule has 1 aliphatic rings. The number of carbonyl (C=O) groups is 1. The zero-order valence-electron chi connectivity index (χ0n) is 9.48. The van der Waals surface area contributed by atoms with Crippen molar-refractivity contribution in [1.82, 2.24) is 5.32 Å². The van der Waals surface area contributed by atoms with E-state index < -0.39 is 11.0 Å². The lowest BCUT2D eigenvalue weighted by atomic mass is 10.1. The zero-order chi connectivity index (χ0) is 13.1. The summed E-state index contributed by atoms with van der Waals surface area (Å²) in [6, 6.07) is 4.51. The van der Waals surface area contributed by atoms with E-state index in [1.54, 1.807) is 12.1 Å². The molecule has 1 aliphatic heterocycles. The monoisotopic (exact) mass is 361 g/mol. The molecule has 0 spiro atoms. The van der Waals surface area contributed by atoms with E-state index in [9.17, 15) is 14.9 Å². The third-order valence-corrected chi connectivity index (χ3v) is 3.44. The number of benzene rings is 1. The summed E-state index contributed by atoms with van der Waals surface area (Å²) in [5, 5.41) is 16.6. The summed E-state index contributed by atoms with van der Waals surface area (Å²) in [6.45, 7) is 0.672. The lowest BCUT2D eigenvalue weighted by Gasteiger charge is -2.23. The number of amides is 1. The van der Waals surface area contributed by atoms with Gasteiger partial charge in [0, 0.05) is 16.2 Å². The molecule has 1 amide bonds. The number of nitro benzene ring substituents is 1. The first-order valence-electron chi connectivity index (χ1n) is 5.56. The van der Waals surface area contributed by atoms with Gasteiger partial charge in [0.15, 0.2) is 0 Å². The quantitative estimate of drug-likeness (QED) is 0.489. The van der Waals surface area contributed by atoms with Crippen LogP contribution in [0.15, 0.2) is 18.2 Å². The average Bonchev–Trinajstić information content (AvgIpc) is 2.34. The van der Waals surface area contributed by atoms with Crippen LogP contribution in [0.4, 0.5) is 11.4 Å². The third-order valence-electron chi connectivity index (χ3n) is 2.77. The molecular formula is C11H12IN3O3. The van der Waals surface area contributed by atoms with Crippen molar-refractivity contribution in [3.05, 3.63) is 31.9 Å². The molecule has 1 aromatic carbocycles. The topological polar surface area (TPSA) is 84.3 Å². The van der Waals surface area contributed by atoms with Crippen LogP contribution in [0, 0.1) is 13.7 Å². The van der Waals surface area contributed by atoms with Gasteiger partial charge < -0.3 is 10.6 Å². The highest BCUT2D eigenvalue weighted by molar-refractivity contribution is 14.1. The number of piperidine rings is 1. The Kier molecular flexibility index (Phi) is 4.00. The maximum Gasteiger partial charge on any atom is 0.293 e. The van der Waals surface area contributed by atoms with Crippen molar-refractivity contribution < 1.29 is 9.72 Å². The van der Waals surface area contributed by atoms with Crippen molar-refractivity contribution in [2.24, 2.45) is 0 Å². The minimum Gasteiger partial charge on any atom is -0.368 e. The highest BCUT2D eigenvalue weighted by Gasteiger charge is 2.24. The fourth-order valence-electron chi connectivity index (χ4n) is 1.88. The van der Waals surface area contributed by atoms with Gasteiger partial charge >= 0.3 is 0 Å². The lowest BCUT2D eigenvalue weighted by molar-refractivity contribution is -0.384. The Hall–Kier alpha value is -1.38. The van der Waals surface area contributed by atoms with Crippen molar-refractivity contribution in [2.45, 2.75) is 18.9 Å². The number of halogens is 1. The van der Waals surface area contributed by atoms with Crippen LogP contribution in [0.1, 0.15) is 12.8 Å². The molecule has 18 heavy (non-hydrogen) atoms. The van der Waals surface area contributed by atoms with Gasteiger partial charge in [-0.25, -0.2) is 0 Å². The predicted octanol–water partition coefficient (Wildman–Crippen LogP) is 1.89. The number of anilines is 1. The Bertz CT molecular complexity index is 492. The van der Waals surface area contributed by atoms with Crippen molar-refractivity contribution in [3.8, 4) is 0 Å². The van der Waals surface area contributed by atoms with Crippen LogP contribution < -0.4 is 10.6 Å². The maximum absolute atomic E-state index is 11.6. The van der Waals surface area contributed by atoms with Gasteiger partial charge in [-0.05, 0) is 47.6 Å². The molecule has 0 aliphatic carbocycles. The average molecular weight is 361 g/mol. The Morgan fingerprint density at radius 2 is 2.28 bits per heavy atom. The Morgan fingerprint density at radius 1 is 1.50 bits per heavy atom. The van der Waals surface area contributed by atoms with E-state index in [4.69, 9.17) is 0 Å². The number of hydrogen-bond donors (Lipinski definition) is 2. The van der Waals surface area contributed by atoms with Crippen molar-refractivity contribution >= 4 is 39.9 Å². The SMILES string of the molecule is O=C1NCCCC1Nc1ccc(I)cc1[N+](=O)[O-]. The highest BCUT2D eigenvalue weighted by atomic mass is 127. The van der Waals surface area contributed by atoms with Crippen molar-refractivity contribution in [1.29, 1.82) is 0 Å². The van der Waals surface area contributed by atoms with Gasteiger partial charge in [0.25, 0.3) is 5.69 Å². The standard InChI is InChI=1S/C11H12IN3O3/c12-7-3-4-8(10(6-7)15(17)18)14-9-2-1-5-13-11(9)16/h3-4,6,9,14H,1-2,5H2,(H,13,16). The highest BCUT2D eigenvalue weighted by Crippen LogP contribution is 2.27. The van der Waals surface area contributed by atoms with Crippen LogP contribution in [0.2, 0.25) is 0 Å². The summed E-state index contributed by atoms with van der Waals surface area (Å²) < 4.78 is 0.790. The molecule has 1 atom stereocenters.